The number of pyridine rings is 1. The number of fused-ring (bicyclic) bond motifs is 2. The lowest BCUT2D eigenvalue weighted by molar-refractivity contribution is -0.138. The summed E-state index contributed by atoms with van der Waals surface area (Å²) in [6.45, 7) is 0.0485. The molecular formula is C28H26F5N3O4. The fourth-order valence-corrected chi connectivity index (χ4v) is 5.98. The molecule has 212 valence electrons. The van der Waals surface area contributed by atoms with Crippen molar-refractivity contribution in [2.75, 3.05) is 12.0 Å². The van der Waals surface area contributed by atoms with Gasteiger partial charge in [0, 0.05) is 29.8 Å². The summed E-state index contributed by atoms with van der Waals surface area (Å²) in [5.41, 5.74) is -1.36. The first kappa shape index (κ1) is 26.7. The molecule has 6 rings (SSSR count). The Morgan fingerprint density at radius 2 is 1.77 bits per heavy atom. The van der Waals surface area contributed by atoms with Crippen molar-refractivity contribution in [1.29, 1.82) is 0 Å². The van der Waals surface area contributed by atoms with Crippen LogP contribution in [0.3, 0.4) is 0 Å². The van der Waals surface area contributed by atoms with Crippen molar-refractivity contribution in [1.82, 2.24) is 10.1 Å². The molecule has 1 aliphatic carbocycles. The van der Waals surface area contributed by atoms with Gasteiger partial charge < -0.3 is 18.9 Å². The zero-order valence-corrected chi connectivity index (χ0v) is 21.5. The molecule has 2 aromatic heterocycles. The van der Waals surface area contributed by atoms with E-state index in [1.54, 1.807) is 0 Å². The average Bonchev–Trinajstić information content (AvgIpc) is 3.63. The molecule has 3 aromatic rings. The number of alkyl halides is 3. The summed E-state index contributed by atoms with van der Waals surface area (Å²) >= 11 is 0. The minimum absolute atomic E-state index is 0.0485. The van der Waals surface area contributed by atoms with Gasteiger partial charge in [0.2, 0.25) is 0 Å². The number of rotatable bonds is 7. The highest BCUT2D eigenvalue weighted by atomic mass is 19.4. The molecule has 1 aromatic carbocycles. The third-order valence-corrected chi connectivity index (χ3v) is 7.98. The van der Waals surface area contributed by atoms with Crippen LogP contribution >= 0.6 is 0 Å². The number of ether oxygens (including phenoxy) is 2. The second kappa shape index (κ2) is 10.1. The monoisotopic (exact) mass is 563 g/mol. The summed E-state index contributed by atoms with van der Waals surface area (Å²) in [5.74, 6) is -1.73. The number of esters is 1. The number of hydrogen-bond donors (Lipinski definition) is 0. The van der Waals surface area contributed by atoms with E-state index in [-0.39, 0.29) is 47.8 Å². The first-order valence-electron chi connectivity index (χ1n) is 13.1. The summed E-state index contributed by atoms with van der Waals surface area (Å²) in [7, 11) is 1.02. The maximum Gasteiger partial charge on any atom is 0.417 e. The third-order valence-electron chi connectivity index (χ3n) is 7.98. The molecule has 2 aliphatic heterocycles. The van der Waals surface area contributed by atoms with Crippen LogP contribution in [-0.2, 0) is 22.3 Å². The molecule has 2 saturated heterocycles. The Kier molecular flexibility index (Phi) is 6.76. The van der Waals surface area contributed by atoms with Crippen molar-refractivity contribution in [2.24, 2.45) is 0 Å². The Labute approximate surface area is 226 Å². The summed E-state index contributed by atoms with van der Waals surface area (Å²) in [5, 5.41) is 4.00. The Bertz CT molecular complexity index is 1400. The van der Waals surface area contributed by atoms with E-state index in [4.69, 9.17) is 9.26 Å². The molecule has 3 atom stereocenters. The minimum atomic E-state index is -4.75. The third kappa shape index (κ3) is 4.82. The van der Waals surface area contributed by atoms with Crippen LogP contribution in [0.25, 0.3) is 11.3 Å². The van der Waals surface area contributed by atoms with Crippen LogP contribution in [0.15, 0.2) is 35.0 Å². The average molecular weight is 564 g/mol. The quantitative estimate of drug-likeness (QED) is 0.243. The van der Waals surface area contributed by atoms with Gasteiger partial charge in [0.25, 0.3) is 0 Å². The number of carbonyl (C=O) groups is 1. The number of carbonyl (C=O) groups excluding carboxylic acids is 1. The Balaban J connectivity index is 1.21. The molecule has 7 nitrogen and oxygen atoms in total. The van der Waals surface area contributed by atoms with Gasteiger partial charge >= 0.3 is 12.1 Å². The van der Waals surface area contributed by atoms with Crippen LogP contribution in [0, 0.1) is 11.6 Å². The van der Waals surface area contributed by atoms with Crippen LogP contribution in [-0.4, -0.2) is 41.4 Å². The molecule has 2 bridgehead atoms. The normalized spacial score (nSPS) is 22.6. The van der Waals surface area contributed by atoms with Gasteiger partial charge in [0.15, 0.2) is 0 Å². The SMILES string of the molecule is COC(=O)c1cnc(N2[C@@H]3CC[C@H]2CC(OCc2c(-c4c(F)cccc4F)noc2C2CC2)C3)cc1C(F)(F)F. The number of methoxy groups -OCH3 is 1. The standard InChI is InChI=1S/C28H26F5N3O4/c1-38-27(37)18-12-34-23(11-20(18)28(31,32)33)36-15-7-8-16(36)10-17(9-15)39-13-19-25(35-40-26(19)14-5-6-14)24-21(29)3-2-4-22(24)30/h2-4,11-12,14-17H,5-10,13H2,1H3/t15-,16+,17?. The van der Waals surface area contributed by atoms with Crippen molar-refractivity contribution in [3.63, 3.8) is 0 Å². The van der Waals surface area contributed by atoms with E-state index in [1.165, 1.54) is 6.07 Å². The van der Waals surface area contributed by atoms with Crippen LogP contribution in [0.4, 0.5) is 27.8 Å². The van der Waals surface area contributed by atoms with Crippen molar-refractivity contribution in [3.05, 3.63) is 64.5 Å². The maximum atomic E-state index is 14.6. The Morgan fingerprint density at radius 3 is 2.38 bits per heavy atom. The van der Waals surface area contributed by atoms with Gasteiger partial charge in [0.05, 0.1) is 36.5 Å². The van der Waals surface area contributed by atoms with Crippen LogP contribution in [0.2, 0.25) is 0 Å². The molecule has 4 heterocycles. The largest absolute Gasteiger partial charge is 0.465 e. The number of piperidine rings is 1. The van der Waals surface area contributed by atoms with Gasteiger partial charge in [-0.15, -0.1) is 0 Å². The minimum Gasteiger partial charge on any atom is -0.465 e. The van der Waals surface area contributed by atoms with E-state index in [2.05, 4.69) is 14.9 Å². The molecule has 0 spiro atoms. The fourth-order valence-electron chi connectivity index (χ4n) is 5.98. The highest BCUT2D eigenvalue weighted by Gasteiger charge is 2.44. The fraction of sp³-hybridized carbons (Fsp3) is 0.464. The number of anilines is 1. The van der Waals surface area contributed by atoms with E-state index in [0.29, 0.717) is 24.2 Å². The molecule has 3 fully saturated rings. The molecule has 12 heteroatoms. The summed E-state index contributed by atoms with van der Waals surface area (Å²) in [6.07, 6.45) is 0.284. The van der Waals surface area contributed by atoms with E-state index >= 15 is 0 Å². The zero-order valence-electron chi connectivity index (χ0n) is 21.5. The van der Waals surface area contributed by atoms with Gasteiger partial charge in [-0.2, -0.15) is 13.2 Å². The van der Waals surface area contributed by atoms with Gasteiger partial charge in [-0.25, -0.2) is 18.6 Å². The smallest absolute Gasteiger partial charge is 0.417 e. The first-order chi connectivity index (χ1) is 19.2. The van der Waals surface area contributed by atoms with E-state index in [0.717, 1.165) is 57.2 Å². The summed E-state index contributed by atoms with van der Waals surface area (Å²) < 4.78 is 86.7. The van der Waals surface area contributed by atoms with Crippen molar-refractivity contribution in [3.8, 4) is 11.3 Å². The molecule has 1 unspecified atom stereocenters. The van der Waals surface area contributed by atoms with Gasteiger partial charge in [-0.3, -0.25) is 0 Å². The van der Waals surface area contributed by atoms with Gasteiger partial charge in [0.1, 0.15) is 28.9 Å². The molecule has 0 radical (unpaired) electrons. The summed E-state index contributed by atoms with van der Waals surface area (Å²) in [4.78, 5) is 18.0. The lowest BCUT2D eigenvalue weighted by Gasteiger charge is -2.40. The molecule has 0 N–H and O–H groups in total. The molecular weight excluding hydrogens is 537 g/mol. The number of halogens is 5. The van der Waals surface area contributed by atoms with Crippen LogP contribution < -0.4 is 4.90 Å². The summed E-state index contributed by atoms with van der Waals surface area (Å²) in [6, 6.07) is 4.29. The van der Waals surface area contributed by atoms with Gasteiger partial charge in [-0.05, 0) is 56.7 Å². The topological polar surface area (TPSA) is 77.7 Å². The molecule has 0 amide bonds. The van der Waals surface area contributed by atoms with Crippen molar-refractivity contribution < 1.29 is 40.7 Å². The maximum absolute atomic E-state index is 14.6. The second-order valence-corrected chi connectivity index (χ2v) is 10.5. The lowest BCUT2D eigenvalue weighted by atomic mass is 9.98. The van der Waals surface area contributed by atoms with E-state index in [9.17, 15) is 26.7 Å². The molecule has 40 heavy (non-hydrogen) atoms. The van der Waals surface area contributed by atoms with Gasteiger partial charge in [-0.1, -0.05) is 11.2 Å². The van der Waals surface area contributed by atoms with Crippen molar-refractivity contribution >= 4 is 11.8 Å². The lowest BCUT2D eigenvalue weighted by Crippen LogP contribution is -2.46. The number of nitrogens with zero attached hydrogens (tertiary/aromatic N) is 3. The highest BCUT2D eigenvalue weighted by Crippen LogP contribution is 2.46. The number of aromatic nitrogens is 2. The highest BCUT2D eigenvalue weighted by molar-refractivity contribution is 5.91. The first-order valence-corrected chi connectivity index (χ1v) is 13.1. The Hall–Kier alpha value is -3.54. The zero-order chi connectivity index (χ0) is 28.2. The van der Waals surface area contributed by atoms with Crippen molar-refractivity contribution in [2.45, 2.75) is 75.4 Å². The molecule has 1 saturated carbocycles. The van der Waals surface area contributed by atoms with Crippen LogP contribution in [0.5, 0.6) is 0 Å². The Morgan fingerprint density at radius 1 is 1.10 bits per heavy atom. The van der Waals surface area contributed by atoms with E-state index in [1.807, 2.05) is 4.90 Å². The van der Waals surface area contributed by atoms with E-state index < -0.39 is 34.9 Å². The van der Waals surface area contributed by atoms with Crippen LogP contribution in [0.1, 0.15) is 71.7 Å². The number of benzene rings is 1. The predicted octanol–water partition coefficient (Wildman–Crippen LogP) is 6.41. The number of hydrogen-bond acceptors (Lipinski definition) is 7. The molecule has 3 aliphatic rings. The predicted molar refractivity (Wildman–Crippen MR) is 132 cm³/mol. The second-order valence-electron chi connectivity index (χ2n) is 10.5.